The average molecular weight is 501 g/mol. The van der Waals surface area contributed by atoms with E-state index in [2.05, 4.69) is 20.6 Å². The van der Waals surface area contributed by atoms with E-state index in [1.807, 2.05) is 17.9 Å². The number of rotatable bonds is 5. The Bertz CT molecular complexity index is 815. The Labute approximate surface area is 181 Å². The molecule has 8 heteroatoms. The van der Waals surface area contributed by atoms with Crippen LogP contribution < -0.4 is 15.5 Å². The Morgan fingerprint density at radius 2 is 2.11 bits per heavy atom. The van der Waals surface area contributed by atoms with Crippen LogP contribution in [0.5, 0.6) is 0 Å². The molecular weight excluding hydrogens is 475 g/mol. The van der Waals surface area contributed by atoms with Gasteiger partial charge in [0.2, 0.25) is 0 Å². The third-order valence-electron chi connectivity index (χ3n) is 4.57. The second-order valence-electron chi connectivity index (χ2n) is 6.66. The Morgan fingerprint density at radius 1 is 1.29 bits per heavy atom. The summed E-state index contributed by atoms with van der Waals surface area (Å²) in [7, 11) is 0. The van der Waals surface area contributed by atoms with Gasteiger partial charge in [-0.3, -0.25) is 0 Å². The molecule has 1 aliphatic rings. The van der Waals surface area contributed by atoms with Crippen LogP contribution in [0.1, 0.15) is 24.5 Å². The number of aromatic nitrogens is 1. The molecule has 0 bridgehead atoms. The van der Waals surface area contributed by atoms with Gasteiger partial charge >= 0.3 is 0 Å². The molecule has 1 aromatic heterocycles. The van der Waals surface area contributed by atoms with Crippen molar-refractivity contribution in [2.45, 2.75) is 32.9 Å². The van der Waals surface area contributed by atoms with Crippen molar-refractivity contribution >= 4 is 35.8 Å². The van der Waals surface area contributed by atoms with E-state index < -0.39 is 0 Å². The first-order valence-corrected chi connectivity index (χ1v) is 9.22. The highest BCUT2D eigenvalue weighted by atomic mass is 127. The third kappa shape index (κ3) is 5.76. The zero-order valence-corrected chi connectivity index (χ0v) is 18.4. The lowest BCUT2D eigenvalue weighted by molar-refractivity contribution is 0.612. The number of hydrogen-bond acceptors (Lipinski definition) is 3. The molecule has 0 saturated carbocycles. The minimum atomic E-state index is -0.305. The predicted octanol–water partition coefficient (Wildman–Crippen LogP) is 3.62. The standard InChI is InChI=1S/C20H25F2N5.HI/c1-3-23-20(25-12-15-7-6-14(2)18(22)11-15)26-16-8-10-27(13-16)19-17(21)5-4-9-24-19;/h4-7,9,11,16H,3,8,10,12-13H2,1-2H3,(H2,23,25,26);1H. The van der Waals surface area contributed by atoms with E-state index in [4.69, 9.17) is 0 Å². The van der Waals surface area contributed by atoms with Gasteiger partial charge in [0, 0.05) is 31.9 Å². The summed E-state index contributed by atoms with van der Waals surface area (Å²) in [6.45, 7) is 6.22. The molecule has 1 atom stereocenters. The fourth-order valence-corrected chi connectivity index (χ4v) is 3.10. The normalized spacial score (nSPS) is 16.6. The fourth-order valence-electron chi connectivity index (χ4n) is 3.10. The van der Waals surface area contributed by atoms with Gasteiger partial charge in [-0.1, -0.05) is 12.1 Å². The molecule has 2 heterocycles. The largest absolute Gasteiger partial charge is 0.357 e. The molecule has 0 spiro atoms. The molecule has 3 rings (SSSR count). The number of nitrogens with one attached hydrogen (secondary N) is 2. The number of aliphatic imine (C=N–C) groups is 1. The zero-order valence-electron chi connectivity index (χ0n) is 16.1. The van der Waals surface area contributed by atoms with Crippen molar-refractivity contribution in [2.75, 3.05) is 24.5 Å². The first-order valence-electron chi connectivity index (χ1n) is 9.22. The van der Waals surface area contributed by atoms with E-state index in [0.29, 0.717) is 30.4 Å². The number of hydrogen-bond donors (Lipinski definition) is 2. The van der Waals surface area contributed by atoms with Crippen LogP contribution in [0, 0.1) is 18.6 Å². The highest BCUT2D eigenvalue weighted by molar-refractivity contribution is 14.0. The lowest BCUT2D eigenvalue weighted by Crippen LogP contribution is -2.44. The van der Waals surface area contributed by atoms with Crippen LogP contribution in [0.15, 0.2) is 41.5 Å². The Hall–Kier alpha value is -1.97. The third-order valence-corrected chi connectivity index (χ3v) is 4.57. The Balaban J connectivity index is 0.00000280. The van der Waals surface area contributed by atoms with Crippen LogP contribution in [0.25, 0.3) is 0 Å². The number of pyridine rings is 1. The van der Waals surface area contributed by atoms with E-state index >= 15 is 0 Å². The van der Waals surface area contributed by atoms with E-state index in [9.17, 15) is 8.78 Å². The van der Waals surface area contributed by atoms with Crippen molar-refractivity contribution < 1.29 is 8.78 Å². The molecule has 1 saturated heterocycles. The minimum Gasteiger partial charge on any atom is -0.357 e. The van der Waals surface area contributed by atoms with Gasteiger partial charge in [-0.2, -0.15) is 0 Å². The van der Waals surface area contributed by atoms with Crippen LogP contribution in [0.2, 0.25) is 0 Å². The van der Waals surface area contributed by atoms with Gasteiger partial charge in [-0.05, 0) is 49.6 Å². The summed E-state index contributed by atoms with van der Waals surface area (Å²) in [6.07, 6.45) is 2.46. The SMILES string of the molecule is CCNC(=NCc1ccc(C)c(F)c1)NC1CCN(c2ncccc2F)C1.I. The van der Waals surface area contributed by atoms with Crippen molar-refractivity contribution in [3.05, 3.63) is 59.3 Å². The summed E-state index contributed by atoms with van der Waals surface area (Å²) >= 11 is 0. The summed E-state index contributed by atoms with van der Waals surface area (Å²) in [4.78, 5) is 10.6. The summed E-state index contributed by atoms with van der Waals surface area (Å²) in [5.74, 6) is 0.537. The molecule has 5 nitrogen and oxygen atoms in total. The van der Waals surface area contributed by atoms with E-state index in [0.717, 1.165) is 25.1 Å². The molecule has 2 N–H and O–H groups in total. The zero-order chi connectivity index (χ0) is 19.2. The molecule has 0 amide bonds. The van der Waals surface area contributed by atoms with Crippen LogP contribution in [0.4, 0.5) is 14.6 Å². The molecule has 1 aliphatic heterocycles. The Morgan fingerprint density at radius 3 is 2.82 bits per heavy atom. The summed E-state index contributed by atoms with van der Waals surface area (Å²) < 4.78 is 27.6. The van der Waals surface area contributed by atoms with Gasteiger partial charge in [0.15, 0.2) is 17.6 Å². The second kappa shape index (κ2) is 10.5. The number of anilines is 1. The first-order chi connectivity index (χ1) is 13.1. The number of benzene rings is 1. The number of halogens is 3. The molecule has 1 aromatic carbocycles. The molecule has 1 fully saturated rings. The van der Waals surface area contributed by atoms with Crippen molar-refractivity contribution in [2.24, 2.45) is 4.99 Å². The molecule has 1 unspecified atom stereocenters. The van der Waals surface area contributed by atoms with Gasteiger partial charge < -0.3 is 15.5 Å². The van der Waals surface area contributed by atoms with Crippen LogP contribution in [-0.4, -0.2) is 36.6 Å². The van der Waals surface area contributed by atoms with Crippen LogP contribution >= 0.6 is 24.0 Å². The van der Waals surface area contributed by atoms with Gasteiger partial charge in [0.25, 0.3) is 0 Å². The maximum Gasteiger partial charge on any atom is 0.191 e. The highest BCUT2D eigenvalue weighted by Crippen LogP contribution is 2.20. The lowest BCUT2D eigenvalue weighted by atomic mass is 10.1. The van der Waals surface area contributed by atoms with Gasteiger partial charge in [-0.15, -0.1) is 24.0 Å². The number of aryl methyl sites for hydroxylation is 1. The van der Waals surface area contributed by atoms with Crippen molar-refractivity contribution in [1.82, 2.24) is 15.6 Å². The predicted molar refractivity (Wildman–Crippen MR) is 119 cm³/mol. The molecule has 0 aliphatic carbocycles. The van der Waals surface area contributed by atoms with Crippen molar-refractivity contribution in [3.63, 3.8) is 0 Å². The number of guanidine groups is 1. The monoisotopic (exact) mass is 501 g/mol. The highest BCUT2D eigenvalue weighted by Gasteiger charge is 2.25. The Kier molecular flexibility index (Phi) is 8.40. The molecule has 152 valence electrons. The fraction of sp³-hybridized carbons (Fsp3) is 0.400. The quantitative estimate of drug-likeness (QED) is 0.374. The minimum absolute atomic E-state index is 0. The molecule has 0 radical (unpaired) electrons. The van der Waals surface area contributed by atoms with Crippen LogP contribution in [-0.2, 0) is 6.54 Å². The van der Waals surface area contributed by atoms with E-state index in [1.165, 1.54) is 12.1 Å². The first kappa shape index (κ1) is 22.3. The smallest absolute Gasteiger partial charge is 0.191 e. The lowest BCUT2D eigenvalue weighted by Gasteiger charge is -2.20. The van der Waals surface area contributed by atoms with Crippen molar-refractivity contribution in [3.8, 4) is 0 Å². The summed E-state index contributed by atoms with van der Waals surface area (Å²) in [5, 5.41) is 6.59. The van der Waals surface area contributed by atoms with Gasteiger partial charge in [0.05, 0.1) is 6.54 Å². The van der Waals surface area contributed by atoms with Gasteiger partial charge in [-0.25, -0.2) is 18.8 Å². The van der Waals surface area contributed by atoms with Gasteiger partial charge in [0.1, 0.15) is 5.82 Å². The molecule has 28 heavy (non-hydrogen) atoms. The molecule has 2 aromatic rings. The van der Waals surface area contributed by atoms with Crippen molar-refractivity contribution in [1.29, 1.82) is 0 Å². The topological polar surface area (TPSA) is 52.6 Å². The maximum absolute atomic E-state index is 13.9. The van der Waals surface area contributed by atoms with Crippen LogP contribution in [0.3, 0.4) is 0 Å². The molecular formula is C20H26F2IN5. The maximum atomic E-state index is 13.9. The summed E-state index contributed by atoms with van der Waals surface area (Å²) in [6, 6.07) is 8.32. The second-order valence-corrected chi connectivity index (χ2v) is 6.66. The average Bonchev–Trinajstić information content (AvgIpc) is 3.11. The van der Waals surface area contributed by atoms with E-state index in [1.54, 1.807) is 25.3 Å². The summed E-state index contributed by atoms with van der Waals surface area (Å²) in [5.41, 5.74) is 1.44. The number of nitrogens with zero attached hydrogens (tertiary/aromatic N) is 3. The van der Waals surface area contributed by atoms with E-state index in [-0.39, 0.29) is 41.7 Å².